The van der Waals surface area contributed by atoms with Crippen LogP contribution in [0.1, 0.15) is 64.4 Å². The molecule has 1 aliphatic carbocycles. The molecule has 2 atom stereocenters. The first kappa shape index (κ1) is 15.4. The van der Waals surface area contributed by atoms with E-state index in [0.717, 1.165) is 24.8 Å². The summed E-state index contributed by atoms with van der Waals surface area (Å²) in [4.78, 5) is 0. The fourth-order valence-corrected chi connectivity index (χ4v) is 2.41. The normalized spacial score (nSPS) is 17.8. The van der Waals surface area contributed by atoms with Gasteiger partial charge < -0.3 is 10.1 Å². The van der Waals surface area contributed by atoms with Gasteiger partial charge in [0.15, 0.2) is 0 Å². The van der Waals surface area contributed by atoms with Crippen LogP contribution < -0.4 is 10.1 Å². The van der Waals surface area contributed by atoms with Gasteiger partial charge in [-0.2, -0.15) is 0 Å². The Morgan fingerprint density at radius 3 is 2.45 bits per heavy atom. The molecular formula is C18H29NO. The highest BCUT2D eigenvalue weighted by atomic mass is 16.5. The van der Waals surface area contributed by atoms with Gasteiger partial charge in [-0.05, 0) is 49.3 Å². The Kier molecular flexibility index (Phi) is 5.90. The third kappa shape index (κ3) is 4.82. The van der Waals surface area contributed by atoms with Crippen molar-refractivity contribution >= 4 is 0 Å². The van der Waals surface area contributed by atoms with Gasteiger partial charge in [0.05, 0.1) is 0 Å². The SMILES string of the molecule is CCCC(CNC1CC1)Oc1ccc(C(C)CC)cc1. The van der Waals surface area contributed by atoms with E-state index < -0.39 is 0 Å². The van der Waals surface area contributed by atoms with Gasteiger partial charge in [0.2, 0.25) is 0 Å². The van der Waals surface area contributed by atoms with Crippen LogP contribution in [0.25, 0.3) is 0 Å². The van der Waals surface area contributed by atoms with E-state index in [2.05, 4.69) is 50.4 Å². The van der Waals surface area contributed by atoms with Crippen molar-refractivity contribution in [3.63, 3.8) is 0 Å². The Balaban J connectivity index is 1.87. The van der Waals surface area contributed by atoms with Crippen molar-refractivity contribution in [2.24, 2.45) is 0 Å². The van der Waals surface area contributed by atoms with Gasteiger partial charge in [0.25, 0.3) is 0 Å². The molecule has 1 N–H and O–H groups in total. The van der Waals surface area contributed by atoms with Gasteiger partial charge in [-0.25, -0.2) is 0 Å². The summed E-state index contributed by atoms with van der Waals surface area (Å²) in [5, 5.41) is 3.58. The summed E-state index contributed by atoms with van der Waals surface area (Å²) >= 11 is 0. The average Bonchev–Trinajstić information content (AvgIpc) is 3.29. The van der Waals surface area contributed by atoms with Gasteiger partial charge in [-0.15, -0.1) is 0 Å². The molecule has 1 saturated carbocycles. The number of hydrogen-bond acceptors (Lipinski definition) is 2. The van der Waals surface area contributed by atoms with E-state index in [1.807, 2.05) is 0 Å². The molecule has 2 nitrogen and oxygen atoms in total. The van der Waals surface area contributed by atoms with Gasteiger partial charge in [0, 0.05) is 12.6 Å². The lowest BCUT2D eigenvalue weighted by Gasteiger charge is -2.20. The van der Waals surface area contributed by atoms with Crippen LogP contribution in [0.3, 0.4) is 0 Å². The Morgan fingerprint density at radius 1 is 1.20 bits per heavy atom. The fraction of sp³-hybridized carbons (Fsp3) is 0.667. The lowest BCUT2D eigenvalue weighted by atomic mass is 9.99. The maximum Gasteiger partial charge on any atom is 0.119 e. The molecule has 1 aromatic rings. The molecule has 2 unspecified atom stereocenters. The second kappa shape index (κ2) is 7.68. The van der Waals surface area contributed by atoms with Crippen molar-refractivity contribution in [3.05, 3.63) is 29.8 Å². The highest BCUT2D eigenvalue weighted by Gasteiger charge is 2.22. The van der Waals surface area contributed by atoms with Crippen LogP contribution in [0.2, 0.25) is 0 Å². The molecule has 20 heavy (non-hydrogen) atoms. The lowest BCUT2D eigenvalue weighted by Crippen LogP contribution is -2.32. The number of nitrogens with one attached hydrogen (secondary N) is 1. The Hall–Kier alpha value is -1.02. The molecule has 0 saturated heterocycles. The standard InChI is InChI=1S/C18H29NO/c1-4-6-18(13-19-16-9-10-16)20-17-11-7-15(8-12-17)14(3)5-2/h7-8,11-12,14,16,18-19H,4-6,9-10,13H2,1-3H3. The Bertz CT molecular complexity index is 383. The number of hydrogen-bond donors (Lipinski definition) is 1. The van der Waals surface area contributed by atoms with E-state index in [-0.39, 0.29) is 0 Å². The smallest absolute Gasteiger partial charge is 0.119 e. The van der Waals surface area contributed by atoms with E-state index in [9.17, 15) is 0 Å². The fourth-order valence-electron chi connectivity index (χ4n) is 2.41. The molecule has 0 amide bonds. The highest BCUT2D eigenvalue weighted by molar-refractivity contribution is 5.29. The molecule has 2 heteroatoms. The maximum atomic E-state index is 6.14. The molecular weight excluding hydrogens is 246 g/mol. The first-order valence-corrected chi connectivity index (χ1v) is 8.22. The topological polar surface area (TPSA) is 21.3 Å². The Labute approximate surface area is 123 Å². The molecule has 1 aliphatic rings. The van der Waals surface area contributed by atoms with E-state index >= 15 is 0 Å². The van der Waals surface area contributed by atoms with Crippen molar-refractivity contribution < 1.29 is 4.74 Å². The first-order chi connectivity index (χ1) is 9.72. The van der Waals surface area contributed by atoms with Crippen LogP contribution >= 0.6 is 0 Å². The summed E-state index contributed by atoms with van der Waals surface area (Å²) in [5.41, 5.74) is 1.41. The van der Waals surface area contributed by atoms with E-state index in [4.69, 9.17) is 4.74 Å². The number of benzene rings is 1. The van der Waals surface area contributed by atoms with Gasteiger partial charge >= 0.3 is 0 Å². The molecule has 0 spiro atoms. The summed E-state index contributed by atoms with van der Waals surface area (Å²) < 4.78 is 6.14. The van der Waals surface area contributed by atoms with Crippen molar-refractivity contribution in [2.75, 3.05) is 6.54 Å². The minimum Gasteiger partial charge on any atom is -0.489 e. The zero-order chi connectivity index (χ0) is 14.4. The largest absolute Gasteiger partial charge is 0.489 e. The van der Waals surface area contributed by atoms with Crippen molar-refractivity contribution in [1.29, 1.82) is 0 Å². The zero-order valence-corrected chi connectivity index (χ0v) is 13.2. The zero-order valence-electron chi connectivity index (χ0n) is 13.2. The van der Waals surface area contributed by atoms with Crippen molar-refractivity contribution in [2.45, 2.75) is 70.9 Å². The van der Waals surface area contributed by atoms with E-state index in [0.29, 0.717) is 12.0 Å². The maximum absolute atomic E-state index is 6.14. The minimum absolute atomic E-state index is 0.301. The number of rotatable bonds is 9. The van der Waals surface area contributed by atoms with Crippen LogP contribution in [0.4, 0.5) is 0 Å². The van der Waals surface area contributed by atoms with Crippen molar-refractivity contribution in [1.82, 2.24) is 5.32 Å². The van der Waals surface area contributed by atoms with Crippen LogP contribution in [0.5, 0.6) is 5.75 Å². The summed E-state index contributed by atoms with van der Waals surface area (Å²) in [6.07, 6.45) is 6.44. The average molecular weight is 275 g/mol. The van der Waals surface area contributed by atoms with Gasteiger partial charge in [-0.1, -0.05) is 39.3 Å². The third-order valence-corrected chi connectivity index (χ3v) is 4.19. The molecule has 112 valence electrons. The molecule has 0 aliphatic heterocycles. The van der Waals surface area contributed by atoms with E-state index in [1.165, 1.54) is 31.2 Å². The molecule has 0 bridgehead atoms. The Morgan fingerprint density at radius 2 is 1.90 bits per heavy atom. The molecule has 0 radical (unpaired) electrons. The quantitative estimate of drug-likeness (QED) is 0.716. The van der Waals surface area contributed by atoms with Crippen LogP contribution in [0, 0.1) is 0 Å². The van der Waals surface area contributed by atoms with Crippen LogP contribution in [-0.2, 0) is 0 Å². The lowest BCUT2D eigenvalue weighted by molar-refractivity contribution is 0.186. The molecule has 1 aromatic carbocycles. The summed E-state index contributed by atoms with van der Waals surface area (Å²) in [6, 6.07) is 9.43. The molecule has 0 aromatic heterocycles. The van der Waals surface area contributed by atoms with E-state index in [1.54, 1.807) is 0 Å². The number of ether oxygens (including phenoxy) is 1. The summed E-state index contributed by atoms with van der Waals surface area (Å²) in [7, 11) is 0. The monoisotopic (exact) mass is 275 g/mol. The highest BCUT2D eigenvalue weighted by Crippen LogP contribution is 2.23. The van der Waals surface area contributed by atoms with Gasteiger partial charge in [0.1, 0.15) is 11.9 Å². The van der Waals surface area contributed by atoms with Gasteiger partial charge in [-0.3, -0.25) is 0 Å². The second-order valence-corrected chi connectivity index (χ2v) is 6.09. The molecule has 1 fully saturated rings. The van der Waals surface area contributed by atoms with Crippen LogP contribution in [-0.4, -0.2) is 18.7 Å². The second-order valence-electron chi connectivity index (χ2n) is 6.09. The van der Waals surface area contributed by atoms with Crippen molar-refractivity contribution in [3.8, 4) is 5.75 Å². The minimum atomic E-state index is 0.301. The van der Waals surface area contributed by atoms with Crippen LogP contribution in [0.15, 0.2) is 24.3 Å². The first-order valence-electron chi connectivity index (χ1n) is 8.22. The molecule has 0 heterocycles. The third-order valence-electron chi connectivity index (χ3n) is 4.19. The summed E-state index contributed by atoms with van der Waals surface area (Å²) in [5.74, 6) is 1.64. The molecule has 2 rings (SSSR count). The summed E-state index contributed by atoms with van der Waals surface area (Å²) in [6.45, 7) is 7.70. The predicted octanol–water partition coefficient (Wildman–Crippen LogP) is 4.50. The predicted molar refractivity (Wildman–Crippen MR) is 85.5 cm³/mol.